The lowest BCUT2D eigenvalue weighted by molar-refractivity contribution is 0.290. The predicted molar refractivity (Wildman–Crippen MR) is 138 cm³/mol. The number of fused-ring (bicyclic) bond motifs is 2. The van der Waals surface area contributed by atoms with Gasteiger partial charge in [-0.05, 0) is 54.5 Å². The van der Waals surface area contributed by atoms with E-state index in [1.807, 2.05) is 36.5 Å². The Balaban J connectivity index is 1.26. The number of methoxy groups -OCH3 is 3. The first-order valence-corrected chi connectivity index (χ1v) is 12.5. The van der Waals surface area contributed by atoms with Crippen molar-refractivity contribution in [3.8, 4) is 33.9 Å². The van der Waals surface area contributed by atoms with Crippen molar-refractivity contribution in [2.45, 2.75) is 18.9 Å². The summed E-state index contributed by atoms with van der Waals surface area (Å²) in [6, 6.07) is 14.2. The largest absolute Gasteiger partial charge is 0.497 e. The van der Waals surface area contributed by atoms with Crippen molar-refractivity contribution < 1.29 is 23.4 Å². The zero-order chi connectivity index (χ0) is 24.6. The first-order chi connectivity index (χ1) is 17.6. The Morgan fingerprint density at radius 1 is 1.03 bits per heavy atom. The standard InChI is InChI=1S/C26H26N4O5S/c1-31-18-8-6-16(7-9-18)29-10-4-5-17(29)15-34-22-11-19(32-2)12-23-20(22)13-24(35-23)21-14-30-25(27-21)36-26(28-30)33-3/h6-9,11-14,17H,4-5,10,15H2,1-3H3/t17-/m0/s1. The van der Waals surface area contributed by atoms with Crippen LogP contribution in [0, 0.1) is 0 Å². The van der Waals surface area contributed by atoms with Crippen LogP contribution in [-0.4, -0.2) is 55.1 Å². The molecule has 4 heterocycles. The molecule has 2 aromatic carbocycles. The lowest BCUT2D eigenvalue weighted by atomic mass is 10.2. The highest BCUT2D eigenvalue weighted by molar-refractivity contribution is 7.18. The smallest absolute Gasteiger partial charge is 0.294 e. The highest BCUT2D eigenvalue weighted by Crippen LogP contribution is 2.38. The van der Waals surface area contributed by atoms with E-state index in [4.69, 9.17) is 23.4 Å². The van der Waals surface area contributed by atoms with Crippen molar-refractivity contribution in [2.75, 3.05) is 39.4 Å². The van der Waals surface area contributed by atoms with Crippen molar-refractivity contribution in [2.24, 2.45) is 0 Å². The summed E-state index contributed by atoms with van der Waals surface area (Å²) in [5.74, 6) is 2.89. The summed E-state index contributed by atoms with van der Waals surface area (Å²) < 4.78 is 30.3. The molecule has 0 N–H and O–H groups in total. The highest BCUT2D eigenvalue weighted by atomic mass is 32.1. The topological polar surface area (TPSA) is 83.5 Å². The van der Waals surface area contributed by atoms with Crippen LogP contribution in [0.5, 0.6) is 22.4 Å². The van der Waals surface area contributed by atoms with Gasteiger partial charge < -0.3 is 28.3 Å². The van der Waals surface area contributed by atoms with E-state index in [0.717, 1.165) is 41.2 Å². The fraction of sp³-hybridized carbons (Fsp3) is 0.308. The molecule has 3 aromatic heterocycles. The number of furan rings is 1. The minimum absolute atomic E-state index is 0.270. The fourth-order valence-corrected chi connectivity index (χ4v) is 5.34. The van der Waals surface area contributed by atoms with E-state index in [0.29, 0.717) is 34.6 Å². The number of benzene rings is 2. The quantitative estimate of drug-likeness (QED) is 0.281. The van der Waals surface area contributed by atoms with Gasteiger partial charge in [-0.2, -0.15) is 0 Å². The molecule has 1 aliphatic heterocycles. The minimum Gasteiger partial charge on any atom is -0.497 e. The third-order valence-electron chi connectivity index (χ3n) is 6.47. The summed E-state index contributed by atoms with van der Waals surface area (Å²) in [5.41, 5.74) is 2.55. The first kappa shape index (κ1) is 22.5. The molecule has 0 saturated carbocycles. The van der Waals surface area contributed by atoms with Gasteiger partial charge in [0.15, 0.2) is 5.76 Å². The first-order valence-electron chi connectivity index (χ1n) is 11.7. The summed E-state index contributed by atoms with van der Waals surface area (Å²) in [7, 11) is 4.91. The van der Waals surface area contributed by atoms with Crippen LogP contribution in [0.3, 0.4) is 0 Å². The monoisotopic (exact) mass is 506 g/mol. The lowest BCUT2D eigenvalue weighted by Gasteiger charge is -2.27. The Kier molecular flexibility index (Phi) is 5.80. The summed E-state index contributed by atoms with van der Waals surface area (Å²) in [6.45, 7) is 1.55. The van der Waals surface area contributed by atoms with Gasteiger partial charge in [-0.25, -0.2) is 9.50 Å². The molecule has 1 aliphatic rings. The van der Waals surface area contributed by atoms with Gasteiger partial charge in [0.2, 0.25) is 4.96 Å². The summed E-state index contributed by atoms with van der Waals surface area (Å²) in [4.78, 5) is 7.77. The maximum absolute atomic E-state index is 6.41. The molecular weight excluding hydrogens is 480 g/mol. The van der Waals surface area contributed by atoms with E-state index in [-0.39, 0.29) is 6.04 Å². The zero-order valence-corrected chi connectivity index (χ0v) is 21.1. The van der Waals surface area contributed by atoms with Crippen LogP contribution < -0.4 is 23.8 Å². The fourth-order valence-electron chi connectivity index (χ4n) is 4.64. The molecule has 0 aliphatic carbocycles. The molecule has 10 heteroatoms. The molecule has 1 fully saturated rings. The number of ether oxygens (including phenoxy) is 4. The second-order valence-electron chi connectivity index (χ2n) is 8.57. The molecule has 9 nitrogen and oxygen atoms in total. The molecule has 0 radical (unpaired) electrons. The Labute approximate surface area is 211 Å². The number of hydrogen-bond donors (Lipinski definition) is 0. The van der Waals surface area contributed by atoms with Crippen molar-refractivity contribution >= 4 is 33.0 Å². The third kappa shape index (κ3) is 4.07. The molecular formula is C26H26N4O5S. The van der Waals surface area contributed by atoms with Gasteiger partial charge in [0.1, 0.15) is 35.1 Å². The van der Waals surface area contributed by atoms with Crippen LogP contribution in [0.2, 0.25) is 0 Å². The van der Waals surface area contributed by atoms with Crippen LogP contribution >= 0.6 is 11.3 Å². The van der Waals surface area contributed by atoms with Crippen molar-refractivity contribution in [1.82, 2.24) is 14.6 Å². The van der Waals surface area contributed by atoms with Gasteiger partial charge >= 0.3 is 0 Å². The van der Waals surface area contributed by atoms with Gasteiger partial charge in [0.05, 0.1) is 39.0 Å². The van der Waals surface area contributed by atoms with Crippen LogP contribution in [0.25, 0.3) is 27.4 Å². The van der Waals surface area contributed by atoms with E-state index >= 15 is 0 Å². The maximum Gasteiger partial charge on any atom is 0.294 e. The second-order valence-corrected chi connectivity index (χ2v) is 9.49. The number of aromatic nitrogens is 3. The van der Waals surface area contributed by atoms with Crippen LogP contribution in [0.4, 0.5) is 5.69 Å². The molecule has 36 heavy (non-hydrogen) atoms. The van der Waals surface area contributed by atoms with Gasteiger partial charge in [-0.1, -0.05) is 0 Å². The minimum atomic E-state index is 0.270. The maximum atomic E-state index is 6.41. The molecule has 6 rings (SSSR count). The van der Waals surface area contributed by atoms with Crippen molar-refractivity contribution in [3.63, 3.8) is 0 Å². The van der Waals surface area contributed by atoms with Gasteiger partial charge in [-0.15, -0.1) is 5.10 Å². The van der Waals surface area contributed by atoms with Crippen molar-refractivity contribution in [1.29, 1.82) is 0 Å². The molecule has 0 unspecified atom stereocenters. The van der Waals surface area contributed by atoms with Gasteiger partial charge in [0, 0.05) is 24.4 Å². The average molecular weight is 507 g/mol. The van der Waals surface area contributed by atoms with Gasteiger partial charge in [0.25, 0.3) is 5.19 Å². The van der Waals surface area contributed by atoms with E-state index in [1.165, 1.54) is 17.0 Å². The SMILES string of the molecule is COc1ccc(N2CCC[C@H]2COc2cc(OC)cc3oc(-c4cn5nc(OC)sc5n4)cc23)cc1. The zero-order valence-electron chi connectivity index (χ0n) is 20.3. The van der Waals surface area contributed by atoms with E-state index in [1.54, 1.807) is 25.8 Å². The third-order valence-corrected chi connectivity index (χ3v) is 7.36. The molecule has 5 aromatic rings. The number of rotatable bonds is 8. The Hall–Kier alpha value is -3.92. The van der Waals surface area contributed by atoms with Gasteiger partial charge in [-0.3, -0.25) is 0 Å². The second kappa shape index (κ2) is 9.27. The average Bonchev–Trinajstić information content (AvgIpc) is 3.69. The van der Waals surface area contributed by atoms with Crippen LogP contribution in [0.15, 0.2) is 53.1 Å². The van der Waals surface area contributed by atoms with E-state index in [2.05, 4.69) is 27.1 Å². The van der Waals surface area contributed by atoms with E-state index < -0.39 is 0 Å². The predicted octanol–water partition coefficient (Wildman–Crippen LogP) is 5.28. The summed E-state index contributed by atoms with van der Waals surface area (Å²) in [5, 5.41) is 5.78. The number of nitrogens with zero attached hydrogens (tertiary/aromatic N) is 4. The Bertz CT molecular complexity index is 1470. The summed E-state index contributed by atoms with van der Waals surface area (Å²) in [6.07, 6.45) is 4.02. The van der Waals surface area contributed by atoms with Crippen LogP contribution in [-0.2, 0) is 0 Å². The Morgan fingerprint density at radius 2 is 1.86 bits per heavy atom. The normalized spacial score (nSPS) is 15.6. The highest BCUT2D eigenvalue weighted by Gasteiger charge is 2.26. The Morgan fingerprint density at radius 3 is 2.61 bits per heavy atom. The van der Waals surface area contributed by atoms with Crippen LogP contribution in [0.1, 0.15) is 12.8 Å². The van der Waals surface area contributed by atoms with E-state index in [9.17, 15) is 0 Å². The summed E-state index contributed by atoms with van der Waals surface area (Å²) >= 11 is 1.37. The molecule has 1 atom stereocenters. The molecule has 0 amide bonds. The lowest BCUT2D eigenvalue weighted by Crippen LogP contribution is -2.34. The molecule has 1 saturated heterocycles. The number of anilines is 1. The number of hydrogen-bond acceptors (Lipinski definition) is 9. The molecule has 0 spiro atoms. The van der Waals surface area contributed by atoms with Crippen molar-refractivity contribution in [3.05, 3.63) is 48.7 Å². The molecule has 0 bridgehead atoms. The number of imidazole rings is 1. The molecule has 186 valence electrons.